The first-order valence-corrected chi connectivity index (χ1v) is 6.83. The Labute approximate surface area is 115 Å². The normalized spacial score (nSPS) is 18.8. The lowest BCUT2D eigenvalue weighted by molar-refractivity contribution is 0.140. The maximum atomic E-state index is 6.02. The van der Waals surface area contributed by atoms with Gasteiger partial charge in [-0.25, -0.2) is 0 Å². The largest absolute Gasteiger partial charge is 0.497 e. The average Bonchev–Trinajstić information content (AvgIpc) is 2.90. The first kappa shape index (κ1) is 14.2. The molecule has 1 unspecified atom stereocenters. The minimum atomic E-state index is 0.172. The minimum Gasteiger partial charge on any atom is -0.497 e. The first-order valence-electron chi connectivity index (χ1n) is 6.83. The fraction of sp³-hybridized carbons (Fsp3) is 0.600. The van der Waals surface area contributed by atoms with Gasteiger partial charge in [-0.05, 0) is 18.2 Å². The second-order valence-electron chi connectivity index (χ2n) is 5.11. The number of hydrogen-bond acceptors (Lipinski definition) is 4. The van der Waals surface area contributed by atoms with Gasteiger partial charge >= 0.3 is 0 Å². The molecule has 2 rings (SSSR count). The lowest BCUT2D eigenvalue weighted by atomic mass is 10.1. The quantitative estimate of drug-likeness (QED) is 0.857. The van der Waals surface area contributed by atoms with Gasteiger partial charge < -0.3 is 19.5 Å². The van der Waals surface area contributed by atoms with Crippen molar-refractivity contribution in [3.05, 3.63) is 23.8 Å². The van der Waals surface area contributed by atoms with Gasteiger partial charge in [-0.3, -0.25) is 0 Å². The Bertz CT molecular complexity index is 400. The van der Waals surface area contributed by atoms with Crippen LogP contribution in [0.5, 0.6) is 11.5 Å². The van der Waals surface area contributed by atoms with Crippen LogP contribution in [0, 0.1) is 0 Å². The summed E-state index contributed by atoms with van der Waals surface area (Å²) in [6.07, 6.45) is 1.13. The zero-order valence-corrected chi connectivity index (χ0v) is 11.9. The molecule has 106 valence electrons. The van der Waals surface area contributed by atoms with Crippen LogP contribution in [0.2, 0.25) is 0 Å². The van der Waals surface area contributed by atoms with Crippen LogP contribution in [0.3, 0.4) is 0 Å². The van der Waals surface area contributed by atoms with Gasteiger partial charge in [0.15, 0.2) is 0 Å². The summed E-state index contributed by atoms with van der Waals surface area (Å²) in [6, 6.07) is 6.38. The molecule has 0 radical (unpaired) electrons. The van der Waals surface area contributed by atoms with E-state index in [9.17, 15) is 0 Å². The number of hydrogen-bond donors (Lipinski definition) is 1. The lowest BCUT2D eigenvalue weighted by Gasteiger charge is -2.17. The van der Waals surface area contributed by atoms with Crippen LogP contribution < -0.4 is 14.8 Å². The Morgan fingerprint density at radius 2 is 2.26 bits per heavy atom. The van der Waals surface area contributed by atoms with Crippen molar-refractivity contribution in [2.45, 2.75) is 39.0 Å². The number of nitrogens with one attached hydrogen (secondary N) is 1. The third-order valence-electron chi connectivity index (χ3n) is 3.15. The third kappa shape index (κ3) is 4.11. The van der Waals surface area contributed by atoms with Crippen molar-refractivity contribution in [1.82, 2.24) is 5.32 Å². The maximum absolute atomic E-state index is 6.02. The van der Waals surface area contributed by atoms with E-state index in [1.54, 1.807) is 7.11 Å². The van der Waals surface area contributed by atoms with Crippen molar-refractivity contribution in [3.63, 3.8) is 0 Å². The number of ether oxygens (including phenoxy) is 3. The number of rotatable bonds is 6. The van der Waals surface area contributed by atoms with E-state index in [1.165, 1.54) is 0 Å². The van der Waals surface area contributed by atoms with E-state index < -0.39 is 0 Å². The van der Waals surface area contributed by atoms with Crippen molar-refractivity contribution >= 4 is 0 Å². The van der Waals surface area contributed by atoms with E-state index in [2.05, 4.69) is 19.2 Å². The van der Waals surface area contributed by atoms with Crippen molar-refractivity contribution in [2.75, 3.05) is 20.3 Å². The standard InChI is InChI=1S/C15H23NO3/c1-11(2)16-9-12-8-13(17-3)4-5-15(12)19-14-6-7-18-10-14/h4-5,8,11,14,16H,6-7,9-10H2,1-3H3. The molecule has 1 fully saturated rings. The van der Waals surface area contributed by atoms with Crippen molar-refractivity contribution in [3.8, 4) is 11.5 Å². The van der Waals surface area contributed by atoms with Gasteiger partial charge in [-0.1, -0.05) is 13.8 Å². The molecular formula is C15H23NO3. The highest BCUT2D eigenvalue weighted by Gasteiger charge is 2.18. The fourth-order valence-electron chi connectivity index (χ4n) is 2.04. The summed E-state index contributed by atoms with van der Waals surface area (Å²) >= 11 is 0. The van der Waals surface area contributed by atoms with Crippen LogP contribution in [0.4, 0.5) is 0 Å². The highest BCUT2D eigenvalue weighted by Crippen LogP contribution is 2.26. The van der Waals surface area contributed by atoms with E-state index in [-0.39, 0.29) is 6.10 Å². The molecule has 0 saturated carbocycles. The molecular weight excluding hydrogens is 242 g/mol. The molecule has 4 nitrogen and oxygen atoms in total. The van der Waals surface area contributed by atoms with E-state index in [1.807, 2.05) is 18.2 Å². The van der Waals surface area contributed by atoms with Gasteiger partial charge in [0.25, 0.3) is 0 Å². The predicted molar refractivity (Wildman–Crippen MR) is 74.8 cm³/mol. The van der Waals surface area contributed by atoms with Gasteiger partial charge in [0.2, 0.25) is 0 Å². The Hall–Kier alpha value is -1.26. The highest BCUT2D eigenvalue weighted by molar-refractivity contribution is 5.40. The molecule has 1 aromatic rings. The summed E-state index contributed by atoms with van der Waals surface area (Å²) in [5.74, 6) is 1.78. The summed E-state index contributed by atoms with van der Waals surface area (Å²) in [5.41, 5.74) is 1.12. The van der Waals surface area contributed by atoms with E-state index >= 15 is 0 Å². The molecule has 1 heterocycles. The van der Waals surface area contributed by atoms with Gasteiger partial charge in [0, 0.05) is 24.6 Å². The van der Waals surface area contributed by atoms with Crippen molar-refractivity contribution in [1.29, 1.82) is 0 Å². The monoisotopic (exact) mass is 265 g/mol. The molecule has 19 heavy (non-hydrogen) atoms. The third-order valence-corrected chi connectivity index (χ3v) is 3.15. The van der Waals surface area contributed by atoms with E-state index in [0.29, 0.717) is 12.6 Å². The molecule has 0 aromatic heterocycles. The molecule has 1 atom stereocenters. The topological polar surface area (TPSA) is 39.7 Å². The molecule has 0 aliphatic carbocycles. The van der Waals surface area contributed by atoms with Crippen LogP contribution in [-0.2, 0) is 11.3 Å². The van der Waals surface area contributed by atoms with Crippen LogP contribution >= 0.6 is 0 Å². The SMILES string of the molecule is COc1ccc(OC2CCOC2)c(CNC(C)C)c1. The average molecular weight is 265 g/mol. The molecule has 1 saturated heterocycles. The summed E-state index contributed by atoms with van der Waals surface area (Å²) in [4.78, 5) is 0. The second-order valence-corrected chi connectivity index (χ2v) is 5.11. The van der Waals surface area contributed by atoms with Crippen LogP contribution in [-0.4, -0.2) is 32.5 Å². The van der Waals surface area contributed by atoms with Gasteiger partial charge in [0.1, 0.15) is 17.6 Å². The Morgan fingerprint density at radius 3 is 2.89 bits per heavy atom. The van der Waals surface area contributed by atoms with Gasteiger partial charge in [-0.2, -0.15) is 0 Å². The number of benzene rings is 1. The van der Waals surface area contributed by atoms with Gasteiger partial charge in [-0.15, -0.1) is 0 Å². The van der Waals surface area contributed by atoms with Crippen LogP contribution in [0.25, 0.3) is 0 Å². The highest BCUT2D eigenvalue weighted by atomic mass is 16.5. The Balaban J connectivity index is 2.09. The molecule has 0 amide bonds. The molecule has 4 heteroatoms. The first-order chi connectivity index (χ1) is 9.19. The number of methoxy groups -OCH3 is 1. The molecule has 1 aliphatic rings. The Morgan fingerprint density at radius 1 is 1.42 bits per heavy atom. The Kier molecular flexibility index (Phi) is 5.05. The maximum Gasteiger partial charge on any atom is 0.124 e. The van der Waals surface area contributed by atoms with Crippen molar-refractivity contribution < 1.29 is 14.2 Å². The fourth-order valence-corrected chi connectivity index (χ4v) is 2.04. The minimum absolute atomic E-state index is 0.172. The molecule has 1 N–H and O–H groups in total. The smallest absolute Gasteiger partial charge is 0.124 e. The zero-order chi connectivity index (χ0) is 13.7. The molecule has 1 aromatic carbocycles. The molecule has 0 spiro atoms. The summed E-state index contributed by atoms with van der Waals surface area (Å²) in [7, 11) is 1.68. The predicted octanol–water partition coefficient (Wildman–Crippen LogP) is 2.36. The lowest BCUT2D eigenvalue weighted by Crippen LogP contribution is -2.23. The van der Waals surface area contributed by atoms with Gasteiger partial charge in [0.05, 0.1) is 20.3 Å². The van der Waals surface area contributed by atoms with Crippen molar-refractivity contribution in [2.24, 2.45) is 0 Å². The molecule has 0 bridgehead atoms. The van der Waals surface area contributed by atoms with Crippen LogP contribution in [0.1, 0.15) is 25.8 Å². The summed E-state index contributed by atoms with van der Waals surface area (Å²) in [5, 5.41) is 3.41. The summed E-state index contributed by atoms with van der Waals surface area (Å²) in [6.45, 7) is 6.51. The zero-order valence-electron chi connectivity index (χ0n) is 11.9. The van der Waals surface area contributed by atoms with Crippen LogP contribution in [0.15, 0.2) is 18.2 Å². The second kappa shape index (κ2) is 6.78. The van der Waals surface area contributed by atoms with E-state index in [4.69, 9.17) is 14.2 Å². The molecule has 1 aliphatic heterocycles. The van der Waals surface area contributed by atoms with E-state index in [0.717, 1.165) is 36.6 Å². The summed E-state index contributed by atoms with van der Waals surface area (Å²) < 4.78 is 16.6.